The van der Waals surface area contributed by atoms with Gasteiger partial charge in [-0.2, -0.15) is 0 Å². The third kappa shape index (κ3) is 4.18. The van der Waals surface area contributed by atoms with Crippen molar-refractivity contribution >= 4 is 22.4 Å². The second-order valence-electron chi connectivity index (χ2n) is 3.88. The van der Waals surface area contributed by atoms with Crippen LogP contribution in [0.5, 0.6) is 0 Å². The highest BCUT2D eigenvalue weighted by Gasteiger charge is 2.10. The minimum Gasteiger partial charge on any atom is -0.477 e. The molecule has 0 aliphatic carbocycles. The SMILES string of the molecule is CCCCCC(C)Nc1ncc(C(=O)O)s1. The van der Waals surface area contributed by atoms with E-state index in [0.29, 0.717) is 11.2 Å². The number of carboxylic acids is 1. The average Bonchev–Trinajstić information content (AvgIpc) is 2.66. The second-order valence-corrected chi connectivity index (χ2v) is 4.91. The molecule has 1 heterocycles. The highest BCUT2D eigenvalue weighted by Crippen LogP contribution is 2.19. The maximum Gasteiger partial charge on any atom is 0.347 e. The summed E-state index contributed by atoms with van der Waals surface area (Å²) in [6.07, 6.45) is 6.14. The molecule has 1 rings (SSSR count). The molecular formula is C11H18N2O2S. The Bertz CT molecular complexity index is 338. The first-order valence-corrected chi connectivity index (χ1v) is 6.40. The fraction of sp³-hybridized carbons (Fsp3) is 0.636. The van der Waals surface area contributed by atoms with Crippen LogP contribution in [0.15, 0.2) is 6.20 Å². The number of nitrogens with one attached hydrogen (secondary N) is 1. The van der Waals surface area contributed by atoms with Crippen molar-refractivity contribution in [3.8, 4) is 0 Å². The number of carbonyl (C=O) groups is 1. The fourth-order valence-corrected chi connectivity index (χ4v) is 2.19. The van der Waals surface area contributed by atoms with E-state index in [0.717, 1.165) is 6.42 Å². The van der Waals surface area contributed by atoms with Crippen LogP contribution >= 0.6 is 11.3 Å². The van der Waals surface area contributed by atoms with Crippen LogP contribution in [0, 0.1) is 0 Å². The molecule has 90 valence electrons. The fourth-order valence-electron chi connectivity index (χ4n) is 1.42. The number of hydrogen-bond acceptors (Lipinski definition) is 4. The number of thiazole rings is 1. The zero-order valence-corrected chi connectivity index (χ0v) is 10.5. The number of unbranched alkanes of at least 4 members (excludes halogenated alkanes) is 2. The highest BCUT2D eigenvalue weighted by molar-refractivity contribution is 7.17. The Labute approximate surface area is 99.7 Å². The van der Waals surface area contributed by atoms with Gasteiger partial charge < -0.3 is 10.4 Å². The van der Waals surface area contributed by atoms with Gasteiger partial charge >= 0.3 is 5.97 Å². The molecule has 0 aromatic carbocycles. The topological polar surface area (TPSA) is 62.2 Å². The molecule has 5 heteroatoms. The predicted octanol–water partition coefficient (Wildman–Crippen LogP) is 3.22. The van der Waals surface area contributed by atoms with E-state index in [1.165, 1.54) is 36.8 Å². The molecule has 0 saturated heterocycles. The van der Waals surface area contributed by atoms with Gasteiger partial charge in [-0.1, -0.05) is 37.5 Å². The molecule has 0 amide bonds. The summed E-state index contributed by atoms with van der Waals surface area (Å²) in [5.41, 5.74) is 0. The van der Waals surface area contributed by atoms with Crippen LogP contribution in [-0.4, -0.2) is 22.1 Å². The average molecular weight is 242 g/mol. The Morgan fingerprint density at radius 3 is 2.94 bits per heavy atom. The lowest BCUT2D eigenvalue weighted by Crippen LogP contribution is -2.14. The lowest BCUT2D eigenvalue weighted by Gasteiger charge is -2.11. The molecule has 0 bridgehead atoms. The van der Waals surface area contributed by atoms with Gasteiger partial charge in [-0.15, -0.1) is 0 Å². The van der Waals surface area contributed by atoms with Crippen LogP contribution in [0.4, 0.5) is 5.13 Å². The van der Waals surface area contributed by atoms with Crippen LogP contribution in [0.3, 0.4) is 0 Å². The van der Waals surface area contributed by atoms with Crippen molar-refractivity contribution < 1.29 is 9.90 Å². The summed E-state index contributed by atoms with van der Waals surface area (Å²) in [5, 5.41) is 12.7. The Kier molecular flexibility index (Phi) is 5.25. The Morgan fingerprint density at radius 1 is 1.62 bits per heavy atom. The number of anilines is 1. The first-order chi connectivity index (χ1) is 7.63. The van der Waals surface area contributed by atoms with Crippen molar-refractivity contribution in [1.29, 1.82) is 0 Å². The number of carboxylic acid groups (broad SMARTS) is 1. The van der Waals surface area contributed by atoms with Crippen molar-refractivity contribution in [2.45, 2.75) is 45.6 Å². The lowest BCUT2D eigenvalue weighted by molar-refractivity contribution is 0.0702. The van der Waals surface area contributed by atoms with Gasteiger partial charge in [0, 0.05) is 6.04 Å². The van der Waals surface area contributed by atoms with Gasteiger partial charge in [0.2, 0.25) is 0 Å². The van der Waals surface area contributed by atoms with Gasteiger partial charge in [-0.25, -0.2) is 9.78 Å². The first kappa shape index (κ1) is 13.0. The Morgan fingerprint density at radius 2 is 2.38 bits per heavy atom. The van der Waals surface area contributed by atoms with Gasteiger partial charge in [-0.3, -0.25) is 0 Å². The molecule has 1 aromatic heterocycles. The minimum absolute atomic E-state index is 0.281. The van der Waals surface area contributed by atoms with E-state index < -0.39 is 5.97 Å². The monoisotopic (exact) mass is 242 g/mol. The number of nitrogens with zero attached hydrogens (tertiary/aromatic N) is 1. The molecule has 16 heavy (non-hydrogen) atoms. The summed E-state index contributed by atoms with van der Waals surface area (Å²) in [4.78, 5) is 15.0. The van der Waals surface area contributed by atoms with Gasteiger partial charge in [0.05, 0.1) is 6.20 Å². The van der Waals surface area contributed by atoms with E-state index in [9.17, 15) is 4.79 Å². The zero-order valence-electron chi connectivity index (χ0n) is 9.69. The summed E-state index contributed by atoms with van der Waals surface area (Å²) < 4.78 is 0. The van der Waals surface area contributed by atoms with Crippen LogP contribution in [0.2, 0.25) is 0 Å². The van der Waals surface area contributed by atoms with Crippen molar-refractivity contribution in [3.05, 3.63) is 11.1 Å². The summed E-state index contributed by atoms with van der Waals surface area (Å²) in [7, 11) is 0. The molecule has 1 unspecified atom stereocenters. The quantitative estimate of drug-likeness (QED) is 0.721. The maximum absolute atomic E-state index is 10.7. The molecular weight excluding hydrogens is 224 g/mol. The molecule has 0 aliphatic rings. The third-order valence-electron chi connectivity index (χ3n) is 2.33. The molecule has 0 fully saturated rings. The number of aromatic carboxylic acids is 1. The van der Waals surface area contributed by atoms with Crippen LogP contribution in [-0.2, 0) is 0 Å². The Balaban J connectivity index is 2.37. The molecule has 0 radical (unpaired) electrons. The normalized spacial score (nSPS) is 12.4. The second kappa shape index (κ2) is 6.48. The van der Waals surface area contributed by atoms with Crippen LogP contribution in [0.1, 0.15) is 49.2 Å². The van der Waals surface area contributed by atoms with Gasteiger partial charge in [0.25, 0.3) is 0 Å². The maximum atomic E-state index is 10.7. The predicted molar refractivity (Wildman–Crippen MR) is 66.3 cm³/mol. The molecule has 1 aromatic rings. The molecule has 1 atom stereocenters. The number of hydrogen-bond donors (Lipinski definition) is 2. The molecule has 0 aliphatic heterocycles. The lowest BCUT2D eigenvalue weighted by atomic mass is 10.1. The van der Waals surface area contributed by atoms with Gasteiger partial charge in [0.15, 0.2) is 5.13 Å². The zero-order chi connectivity index (χ0) is 12.0. The van der Waals surface area contributed by atoms with Crippen molar-refractivity contribution in [2.75, 3.05) is 5.32 Å². The smallest absolute Gasteiger partial charge is 0.347 e. The molecule has 0 saturated carbocycles. The van der Waals surface area contributed by atoms with E-state index >= 15 is 0 Å². The highest BCUT2D eigenvalue weighted by atomic mass is 32.1. The van der Waals surface area contributed by atoms with Gasteiger partial charge in [0.1, 0.15) is 4.88 Å². The van der Waals surface area contributed by atoms with E-state index in [-0.39, 0.29) is 4.88 Å². The molecule has 4 nitrogen and oxygen atoms in total. The van der Waals surface area contributed by atoms with Crippen molar-refractivity contribution in [1.82, 2.24) is 4.98 Å². The Hall–Kier alpha value is -1.10. The molecule has 0 spiro atoms. The van der Waals surface area contributed by atoms with Crippen LogP contribution in [0.25, 0.3) is 0 Å². The standard InChI is InChI=1S/C11H18N2O2S/c1-3-4-5-6-8(2)13-11-12-7-9(16-11)10(14)15/h7-8H,3-6H2,1-2H3,(H,12,13)(H,14,15). The van der Waals surface area contributed by atoms with Crippen molar-refractivity contribution in [2.24, 2.45) is 0 Å². The summed E-state index contributed by atoms with van der Waals surface area (Å²) in [5.74, 6) is -0.913. The number of aromatic nitrogens is 1. The van der Waals surface area contributed by atoms with E-state index in [2.05, 4.69) is 24.1 Å². The third-order valence-corrected chi connectivity index (χ3v) is 3.24. The van der Waals surface area contributed by atoms with Crippen molar-refractivity contribution in [3.63, 3.8) is 0 Å². The molecule has 2 N–H and O–H groups in total. The van der Waals surface area contributed by atoms with E-state index in [4.69, 9.17) is 5.11 Å². The summed E-state index contributed by atoms with van der Waals surface area (Å²) >= 11 is 1.19. The van der Waals surface area contributed by atoms with Gasteiger partial charge in [-0.05, 0) is 13.3 Å². The van der Waals surface area contributed by atoms with E-state index in [1.807, 2.05) is 0 Å². The van der Waals surface area contributed by atoms with E-state index in [1.54, 1.807) is 0 Å². The first-order valence-electron chi connectivity index (χ1n) is 5.59. The summed E-state index contributed by atoms with van der Waals surface area (Å²) in [6.45, 7) is 4.27. The van der Waals surface area contributed by atoms with Crippen LogP contribution < -0.4 is 5.32 Å². The number of rotatable bonds is 7. The minimum atomic E-state index is -0.913. The summed E-state index contributed by atoms with van der Waals surface area (Å²) in [6, 6.07) is 0.347. The largest absolute Gasteiger partial charge is 0.477 e.